The maximum atomic E-state index is 12.9. The van der Waals surface area contributed by atoms with Crippen LogP contribution in [0, 0.1) is 0 Å². The van der Waals surface area contributed by atoms with Gasteiger partial charge in [-0.15, -0.1) is 24.0 Å². The highest BCUT2D eigenvalue weighted by Gasteiger charge is 2.16. The lowest BCUT2D eigenvalue weighted by Crippen LogP contribution is -2.36. The Morgan fingerprint density at radius 2 is 1.91 bits per heavy atom. The van der Waals surface area contributed by atoms with Gasteiger partial charge in [-0.2, -0.15) is 13.9 Å². The van der Waals surface area contributed by atoms with Gasteiger partial charge < -0.3 is 20.1 Å². The Bertz CT molecular complexity index is 1000. The van der Waals surface area contributed by atoms with Crippen LogP contribution in [0.1, 0.15) is 18.1 Å². The summed E-state index contributed by atoms with van der Waals surface area (Å²) in [6, 6.07) is 14.8. The van der Waals surface area contributed by atoms with Crippen molar-refractivity contribution in [3.63, 3.8) is 0 Å². The van der Waals surface area contributed by atoms with Crippen molar-refractivity contribution in [2.24, 2.45) is 4.99 Å². The zero-order valence-corrected chi connectivity index (χ0v) is 20.1. The third-order valence-electron chi connectivity index (χ3n) is 4.38. The van der Waals surface area contributed by atoms with Gasteiger partial charge in [-0.1, -0.05) is 24.3 Å². The molecule has 3 rings (SSSR count). The van der Waals surface area contributed by atoms with Gasteiger partial charge in [-0.05, 0) is 36.8 Å². The van der Waals surface area contributed by atoms with Gasteiger partial charge in [0.2, 0.25) is 0 Å². The summed E-state index contributed by atoms with van der Waals surface area (Å²) in [5.74, 6) is 0.823. The van der Waals surface area contributed by atoms with E-state index < -0.39 is 6.61 Å². The smallest absolute Gasteiger partial charge is 0.387 e. The number of para-hydroxylation sites is 1. The van der Waals surface area contributed by atoms with Crippen molar-refractivity contribution in [2.45, 2.75) is 26.6 Å². The van der Waals surface area contributed by atoms with Crippen LogP contribution in [0.2, 0.25) is 0 Å². The monoisotopic (exact) mass is 557 g/mol. The minimum atomic E-state index is -2.94. The van der Waals surface area contributed by atoms with E-state index in [-0.39, 0.29) is 42.0 Å². The topological polar surface area (TPSA) is 72.7 Å². The molecule has 0 bridgehead atoms. The van der Waals surface area contributed by atoms with Gasteiger partial charge >= 0.3 is 6.61 Å². The molecule has 3 aromatic rings. The SMILES string of the molecule is CCOc1cccc(CNC(=NC)NCc2cccc(-n3cccn3)c2)c1OC(F)F.I. The summed E-state index contributed by atoms with van der Waals surface area (Å²) in [4.78, 5) is 4.20. The van der Waals surface area contributed by atoms with Crippen LogP contribution in [0.3, 0.4) is 0 Å². The molecule has 32 heavy (non-hydrogen) atoms. The lowest BCUT2D eigenvalue weighted by atomic mass is 10.2. The Hall–Kier alpha value is -2.89. The first-order valence-corrected chi connectivity index (χ1v) is 9.83. The number of rotatable bonds is 9. The summed E-state index contributed by atoms with van der Waals surface area (Å²) >= 11 is 0. The second kappa shape index (κ2) is 12.8. The molecule has 10 heteroatoms. The van der Waals surface area contributed by atoms with Crippen molar-refractivity contribution in [3.05, 3.63) is 72.1 Å². The van der Waals surface area contributed by atoms with Gasteiger partial charge in [0, 0.05) is 38.1 Å². The second-order valence-corrected chi connectivity index (χ2v) is 6.46. The Balaban J connectivity index is 0.00000363. The van der Waals surface area contributed by atoms with Crippen LogP contribution in [0.25, 0.3) is 5.69 Å². The fourth-order valence-electron chi connectivity index (χ4n) is 3.01. The lowest BCUT2D eigenvalue weighted by molar-refractivity contribution is -0.0520. The summed E-state index contributed by atoms with van der Waals surface area (Å²) < 4.78 is 37.7. The molecule has 7 nitrogen and oxygen atoms in total. The van der Waals surface area contributed by atoms with Crippen molar-refractivity contribution in [1.82, 2.24) is 20.4 Å². The van der Waals surface area contributed by atoms with Crippen molar-refractivity contribution in [2.75, 3.05) is 13.7 Å². The summed E-state index contributed by atoms with van der Waals surface area (Å²) in [6.45, 7) is -0.0640. The molecule has 1 heterocycles. The minimum Gasteiger partial charge on any atom is -0.490 e. The lowest BCUT2D eigenvalue weighted by Gasteiger charge is -2.17. The van der Waals surface area contributed by atoms with Crippen LogP contribution in [0.15, 0.2) is 65.9 Å². The molecule has 0 aliphatic heterocycles. The zero-order chi connectivity index (χ0) is 22.1. The number of aromatic nitrogens is 2. The quantitative estimate of drug-likeness (QED) is 0.233. The maximum Gasteiger partial charge on any atom is 0.387 e. The van der Waals surface area contributed by atoms with E-state index in [4.69, 9.17) is 9.47 Å². The Morgan fingerprint density at radius 3 is 2.59 bits per heavy atom. The first-order valence-electron chi connectivity index (χ1n) is 9.83. The Kier molecular flexibility index (Phi) is 10.2. The molecule has 0 amide bonds. The second-order valence-electron chi connectivity index (χ2n) is 6.46. The van der Waals surface area contributed by atoms with Gasteiger partial charge in [0.25, 0.3) is 0 Å². The summed E-state index contributed by atoms with van der Waals surface area (Å²) in [7, 11) is 1.64. The largest absolute Gasteiger partial charge is 0.490 e. The summed E-state index contributed by atoms with van der Waals surface area (Å²) in [5, 5.41) is 10.6. The molecule has 0 saturated heterocycles. The zero-order valence-electron chi connectivity index (χ0n) is 17.8. The first-order chi connectivity index (χ1) is 15.1. The number of nitrogens with one attached hydrogen (secondary N) is 2. The number of hydrogen-bond acceptors (Lipinski definition) is 4. The number of hydrogen-bond donors (Lipinski definition) is 2. The number of benzene rings is 2. The van der Waals surface area contributed by atoms with E-state index in [1.54, 1.807) is 43.0 Å². The molecule has 0 aliphatic carbocycles. The molecular formula is C22H26F2IN5O2. The molecule has 1 aromatic heterocycles. The fourth-order valence-corrected chi connectivity index (χ4v) is 3.01. The van der Waals surface area contributed by atoms with Crippen LogP contribution in [0.4, 0.5) is 8.78 Å². The average molecular weight is 557 g/mol. The van der Waals surface area contributed by atoms with Crippen LogP contribution < -0.4 is 20.1 Å². The van der Waals surface area contributed by atoms with Gasteiger partial charge in [0.05, 0.1) is 12.3 Å². The number of halogens is 3. The summed E-state index contributed by atoms with van der Waals surface area (Å²) in [6.07, 6.45) is 3.60. The molecule has 0 atom stereocenters. The minimum absolute atomic E-state index is 0. The van der Waals surface area contributed by atoms with E-state index in [9.17, 15) is 8.78 Å². The van der Waals surface area contributed by atoms with E-state index in [0.29, 0.717) is 24.7 Å². The molecule has 0 aliphatic rings. The highest BCUT2D eigenvalue weighted by molar-refractivity contribution is 14.0. The van der Waals surface area contributed by atoms with Crippen molar-refractivity contribution >= 4 is 29.9 Å². The molecule has 0 saturated carbocycles. The summed E-state index contributed by atoms with van der Waals surface area (Å²) in [5.41, 5.74) is 2.53. The molecule has 172 valence electrons. The molecule has 0 unspecified atom stereocenters. The molecule has 0 fully saturated rings. The maximum absolute atomic E-state index is 12.9. The fraction of sp³-hybridized carbons (Fsp3) is 0.273. The molecule has 0 radical (unpaired) electrons. The predicted molar refractivity (Wildman–Crippen MR) is 130 cm³/mol. The molecule has 0 spiro atoms. The van der Waals surface area contributed by atoms with E-state index in [1.165, 1.54) is 0 Å². The normalized spacial score (nSPS) is 11.1. The van der Waals surface area contributed by atoms with Gasteiger partial charge in [-0.3, -0.25) is 4.99 Å². The van der Waals surface area contributed by atoms with E-state index >= 15 is 0 Å². The molecular weight excluding hydrogens is 531 g/mol. The number of nitrogens with zero attached hydrogens (tertiary/aromatic N) is 3. The number of alkyl halides is 2. The third kappa shape index (κ3) is 7.08. The van der Waals surface area contributed by atoms with E-state index in [1.807, 2.05) is 36.5 Å². The standard InChI is InChI=1S/C22H25F2N5O2.HI/c1-3-30-19-10-5-8-17(20(19)31-21(23)24)15-27-22(25-2)26-14-16-7-4-9-18(13-16)29-12-6-11-28-29;/h4-13,21H,3,14-15H2,1-2H3,(H2,25,26,27);1H. The van der Waals surface area contributed by atoms with Crippen LogP contribution in [-0.4, -0.2) is 36.0 Å². The van der Waals surface area contributed by atoms with E-state index in [2.05, 4.69) is 20.7 Å². The molecule has 2 aromatic carbocycles. The highest BCUT2D eigenvalue weighted by Crippen LogP contribution is 2.32. The van der Waals surface area contributed by atoms with Gasteiger partial charge in [0.1, 0.15) is 0 Å². The average Bonchev–Trinajstić information content (AvgIpc) is 3.31. The predicted octanol–water partition coefficient (Wildman–Crippen LogP) is 4.36. The number of guanidine groups is 1. The van der Waals surface area contributed by atoms with Crippen LogP contribution >= 0.6 is 24.0 Å². The Morgan fingerprint density at radius 1 is 1.12 bits per heavy atom. The van der Waals surface area contributed by atoms with Crippen LogP contribution in [0.5, 0.6) is 11.5 Å². The van der Waals surface area contributed by atoms with Gasteiger partial charge in [-0.25, -0.2) is 4.68 Å². The Labute approximate surface area is 202 Å². The number of ether oxygens (including phenoxy) is 2. The van der Waals surface area contributed by atoms with Crippen molar-refractivity contribution in [3.8, 4) is 17.2 Å². The highest BCUT2D eigenvalue weighted by atomic mass is 127. The number of aliphatic imine (C=N–C) groups is 1. The van der Waals surface area contributed by atoms with Gasteiger partial charge in [0.15, 0.2) is 17.5 Å². The van der Waals surface area contributed by atoms with E-state index in [0.717, 1.165) is 11.3 Å². The van der Waals surface area contributed by atoms with Crippen molar-refractivity contribution < 1.29 is 18.3 Å². The molecule has 2 N–H and O–H groups in total. The van der Waals surface area contributed by atoms with Crippen LogP contribution in [-0.2, 0) is 13.1 Å². The first kappa shape index (κ1) is 25.4. The third-order valence-corrected chi connectivity index (χ3v) is 4.38. The van der Waals surface area contributed by atoms with Crippen molar-refractivity contribution in [1.29, 1.82) is 0 Å².